The Bertz CT molecular complexity index is 1300. The van der Waals surface area contributed by atoms with Crippen molar-refractivity contribution in [3.8, 4) is 11.1 Å². The molecule has 0 atom stereocenters. The van der Waals surface area contributed by atoms with E-state index < -0.39 is 10.5 Å². The van der Waals surface area contributed by atoms with Gasteiger partial charge in [0.1, 0.15) is 16.7 Å². The summed E-state index contributed by atoms with van der Waals surface area (Å²) in [6, 6.07) is 13.6. The number of aryl methyl sites for hydroxylation is 3. The van der Waals surface area contributed by atoms with Gasteiger partial charge in [0.15, 0.2) is 0 Å². The molecule has 7 heteroatoms. The molecule has 0 aliphatic rings. The maximum absolute atomic E-state index is 12.6. The van der Waals surface area contributed by atoms with E-state index in [9.17, 15) is 14.9 Å². The first-order valence-corrected chi connectivity index (χ1v) is 9.00. The van der Waals surface area contributed by atoms with E-state index in [2.05, 4.69) is 5.32 Å². The lowest BCUT2D eigenvalue weighted by molar-refractivity contribution is -0.384. The van der Waals surface area contributed by atoms with Crippen LogP contribution in [-0.4, -0.2) is 4.92 Å². The van der Waals surface area contributed by atoms with Crippen LogP contribution in [0.25, 0.3) is 22.1 Å². The summed E-state index contributed by atoms with van der Waals surface area (Å²) in [7, 11) is 0. The number of furan rings is 1. The molecule has 0 amide bonds. The van der Waals surface area contributed by atoms with E-state index in [1.807, 2.05) is 32.0 Å². The molecule has 0 bridgehead atoms. The molecule has 0 aliphatic heterocycles. The molecule has 2 aromatic carbocycles. The van der Waals surface area contributed by atoms with Crippen molar-refractivity contribution in [3.63, 3.8) is 0 Å². The first kappa shape index (κ1) is 18.5. The van der Waals surface area contributed by atoms with Gasteiger partial charge >= 0.3 is 5.63 Å². The number of non-ortho nitro benzene ring substituents is 1. The molecule has 4 rings (SSSR count). The lowest BCUT2D eigenvalue weighted by Gasteiger charge is -2.10. The van der Waals surface area contributed by atoms with Gasteiger partial charge in [0, 0.05) is 23.9 Å². The third kappa shape index (κ3) is 3.38. The number of nitrogens with zero attached hydrogens (tertiary/aromatic N) is 1. The highest BCUT2D eigenvalue weighted by Crippen LogP contribution is 2.39. The number of nitrogens with one attached hydrogen (secondary N) is 1. The second kappa shape index (κ2) is 6.94. The first-order chi connectivity index (χ1) is 13.8. The zero-order valence-corrected chi connectivity index (χ0v) is 16.1. The van der Waals surface area contributed by atoms with Crippen molar-refractivity contribution in [2.45, 2.75) is 20.8 Å². The van der Waals surface area contributed by atoms with E-state index in [4.69, 9.17) is 8.83 Å². The minimum Gasteiger partial charge on any atom is -0.439 e. The quantitative estimate of drug-likeness (QED) is 0.358. The molecule has 146 valence electrons. The van der Waals surface area contributed by atoms with Crippen molar-refractivity contribution in [2.24, 2.45) is 0 Å². The Morgan fingerprint density at radius 2 is 1.69 bits per heavy atom. The average molecular weight is 390 g/mol. The summed E-state index contributed by atoms with van der Waals surface area (Å²) < 4.78 is 11.2. The zero-order chi connectivity index (χ0) is 20.7. The Labute approximate surface area is 165 Å². The van der Waals surface area contributed by atoms with E-state index >= 15 is 0 Å². The van der Waals surface area contributed by atoms with E-state index in [1.165, 1.54) is 12.1 Å². The number of benzene rings is 2. The highest BCUT2D eigenvalue weighted by atomic mass is 16.6. The van der Waals surface area contributed by atoms with Gasteiger partial charge in [-0.15, -0.1) is 0 Å². The third-order valence-electron chi connectivity index (χ3n) is 4.72. The molecule has 0 saturated heterocycles. The van der Waals surface area contributed by atoms with Crippen LogP contribution in [0.4, 0.5) is 17.3 Å². The summed E-state index contributed by atoms with van der Waals surface area (Å²) in [6.07, 6.45) is 0. The fourth-order valence-electron chi connectivity index (χ4n) is 3.35. The highest BCUT2D eigenvalue weighted by Gasteiger charge is 2.21. The number of fused-ring (bicyclic) bond motifs is 1. The zero-order valence-electron chi connectivity index (χ0n) is 16.1. The number of hydrogen-bond donors (Lipinski definition) is 1. The Hall–Kier alpha value is -3.87. The Kier molecular flexibility index (Phi) is 4.43. The van der Waals surface area contributed by atoms with Crippen LogP contribution in [-0.2, 0) is 0 Å². The number of rotatable bonds is 4. The molecule has 0 radical (unpaired) electrons. The van der Waals surface area contributed by atoms with Crippen LogP contribution in [0.15, 0.2) is 62.2 Å². The minimum atomic E-state index is -0.522. The third-order valence-corrected chi connectivity index (χ3v) is 4.72. The predicted octanol–water partition coefficient (Wildman–Crippen LogP) is 5.63. The van der Waals surface area contributed by atoms with Gasteiger partial charge in [-0.3, -0.25) is 10.1 Å². The van der Waals surface area contributed by atoms with Gasteiger partial charge in [-0.1, -0.05) is 17.7 Å². The van der Waals surface area contributed by atoms with Gasteiger partial charge in [-0.05, 0) is 50.1 Å². The van der Waals surface area contributed by atoms with Crippen LogP contribution in [0.2, 0.25) is 0 Å². The standard InChI is InChI=1S/C22H18N2O5/c1-12-4-9-17(13(2)10-12)23-21-19(15-5-7-16(8-6-15)24(26)27)20-18(29-21)11-14(3)28-22(20)25/h4-11,23H,1-3H3. The van der Waals surface area contributed by atoms with Gasteiger partial charge < -0.3 is 14.2 Å². The van der Waals surface area contributed by atoms with E-state index in [0.29, 0.717) is 28.4 Å². The van der Waals surface area contributed by atoms with Crippen molar-refractivity contribution in [3.05, 3.63) is 86.0 Å². The van der Waals surface area contributed by atoms with Crippen LogP contribution in [0, 0.1) is 30.9 Å². The Balaban J connectivity index is 1.93. The topological polar surface area (TPSA) is 98.5 Å². The van der Waals surface area contributed by atoms with Crippen LogP contribution >= 0.6 is 0 Å². The summed E-state index contributed by atoms with van der Waals surface area (Å²) in [4.78, 5) is 23.1. The maximum Gasteiger partial charge on any atom is 0.347 e. The fourth-order valence-corrected chi connectivity index (χ4v) is 3.35. The summed E-state index contributed by atoms with van der Waals surface area (Å²) in [5, 5.41) is 14.5. The normalized spacial score (nSPS) is 11.0. The largest absolute Gasteiger partial charge is 0.439 e. The van der Waals surface area contributed by atoms with Crippen molar-refractivity contribution in [1.82, 2.24) is 0 Å². The molecule has 0 aliphatic carbocycles. The first-order valence-electron chi connectivity index (χ1n) is 9.00. The molecule has 1 N–H and O–H groups in total. The van der Waals surface area contributed by atoms with Crippen LogP contribution in [0.5, 0.6) is 0 Å². The molecular formula is C22H18N2O5. The number of nitro groups is 1. The van der Waals surface area contributed by atoms with Gasteiger partial charge in [0.25, 0.3) is 5.69 Å². The summed E-state index contributed by atoms with van der Waals surface area (Å²) in [5.74, 6) is 0.809. The second-order valence-corrected chi connectivity index (χ2v) is 6.94. The van der Waals surface area contributed by atoms with Gasteiger partial charge in [-0.25, -0.2) is 4.79 Å². The van der Waals surface area contributed by atoms with Gasteiger partial charge in [-0.2, -0.15) is 0 Å². The van der Waals surface area contributed by atoms with Crippen molar-refractivity contribution < 1.29 is 13.8 Å². The molecule has 0 fully saturated rings. The second-order valence-electron chi connectivity index (χ2n) is 6.94. The summed E-state index contributed by atoms with van der Waals surface area (Å²) in [5.41, 5.74) is 3.92. The lowest BCUT2D eigenvalue weighted by atomic mass is 10.0. The minimum absolute atomic E-state index is 0.0340. The summed E-state index contributed by atoms with van der Waals surface area (Å²) >= 11 is 0. The average Bonchev–Trinajstić information content (AvgIpc) is 3.02. The van der Waals surface area contributed by atoms with Crippen molar-refractivity contribution >= 4 is 28.2 Å². The maximum atomic E-state index is 12.6. The molecule has 0 saturated carbocycles. The molecule has 2 aromatic heterocycles. The Morgan fingerprint density at radius 1 is 0.966 bits per heavy atom. The van der Waals surface area contributed by atoms with E-state index in [-0.39, 0.29) is 11.1 Å². The number of hydrogen-bond acceptors (Lipinski definition) is 6. The summed E-state index contributed by atoms with van der Waals surface area (Å²) in [6.45, 7) is 5.66. The molecular weight excluding hydrogens is 372 g/mol. The van der Waals surface area contributed by atoms with Crippen molar-refractivity contribution in [2.75, 3.05) is 5.32 Å². The highest BCUT2D eigenvalue weighted by molar-refractivity contribution is 6.00. The number of anilines is 2. The SMILES string of the molecule is Cc1ccc(Nc2oc3cc(C)oc(=O)c3c2-c2ccc([N+](=O)[O-])cc2)c(C)c1. The lowest BCUT2D eigenvalue weighted by Crippen LogP contribution is -2.00. The number of nitro benzene ring substituents is 1. The van der Waals surface area contributed by atoms with E-state index in [1.54, 1.807) is 25.1 Å². The van der Waals surface area contributed by atoms with Gasteiger partial charge in [0.2, 0.25) is 5.88 Å². The molecule has 2 heterocycles. The van der Waals surface area contributed by atoms with E-state index in [0.717, 1.165) is 16.8 Å². The van der Waals surface area contributed by atoms with Gasteiger partial charge in [0.05, 0.1) is 10.5 Å². The molecule has 0 spiro atoms. The van der Waals surface area contributed by atoms with Crippen LogP contribution < -0.4 is 10.9 Å². The van der Waals surface area contributed by atoms with Crippen LogP contribution in [0.1, 0.15) is 16.9 Å². The monoisotopic (exact) mass is 390 g/mol. The fraction of sp³-hybridized carbons (Fsp3) is 0.136. The molecule has 0 unspecified atom stereocenters. The smallest absolute Gasteiger partial charge is 0.347 e. The van der Waals surface area contributed by atoms with Crippen LogP contribution in [0.3, 0.4) is 0 Å². The molecule has 7 nitrogen and oxygen atoms in total. The van der Waals surface area contributed by atoms with Crippen molar-refractivity contribution in [1.29, 1.82) is 0 Å². The molecule has 29 heavy (non-hydrogen) atoms. The Morgan fingerprint density at radius 3 is 2.34 bits per heavy atom. The molecule has 4 aromatic rings. The predicted molar refractivity (Wildman–Crippen MR) is 111 cm³/mol.